The van der Waals surface area contributed by atoms with E-state index in [4.69, 9.17) is 10.5 Å². The summed E-state index contributed by atoms with van der Waals surface area (Å²) < 4.78 is 9.21. The minimum absolute atomic E-state index is 0.281. The molecule has 6 heteroatoms. The van der Waals surface area contributed by atoms with Crippen molar-refractivity contribution in [2.45, 2.75) is 39.7 Å². The molecule has 0 radical (unpaired) electrons. The fourth-order valence-electron chi connectivity index (χ4n) is 2.46. The zero-order valence-corrected chi connectivity index (χ0v) is 12.5. The second-order valence-corrected chi connectivity index (χ2v) is 5.90. The molecule has 2 heterocycles. The molecular formula is C13H21N3O2S. The van der Waals surface area contributed by atoms with Gasteiger partial charge in [0.2, 0.25) is 0 Å². The summed E-state index contributed by atoms with van der Waals surface area (Å²) in [7, 11) is 0. The minimum Gasteiger partial charge on any atom is -0.462 e. The second kappa shape index (κ2) is 5.77. The van der Waals surface area contributed by atoms with Gasteiger partial charge in [-0.2, -0.15) is 4.37 Å². The molecule has 0 saturated carbocycles. The number of hydrogen-bond donors (Lipinski definition) is 1. The van der Waals surface area contributed by atoms with Crippen molar-refractivity contribution in [3.63, 3.8) is 0 Å². The van der Waals surface area contributed by atoms with Gasteiger partial charge < -0.3 is 15.4 Å². The van der Waals surface area contributed by atoms with Crippen molar-refractivity contribution in [1.29, 1.82) is 0 Å². The Hall–Kier alpha value is -1.30. The third-order valence-corrected chi connectivity index (χ3v) is 4.46. The molecular weight excluding hydrogens is 262 g/mol. The minimum atomic E-state index is -0.367. The molecule has 2 rings (SSSR count). The number of esters is 1. The first kappa shape index (κ1) is 14.1. The summed E-state index contributed by atoms with van der Waals surface area (Å²) in [6.07, 6.45) is 2.35. The van der Waals surface area contributed by atoms with Crippen LogP contribution in [-0.2, 0) is 4.74 Å². The highest BCUT2D eigenvalue weighted by Crippen LogP contribution is 2.36. The maximum absolute atomic E-state index is 12.0. The number of hydrogen-bond acceptors (Lipinski definition) is 6. The molecule has 1 aromatic rings. The van der Waals surface area contributed by atoms with Gasteiger partial charge in [-0.3, -0.25) is 0 Å². The Kier molecular flexibility index (Phi) is 4.29. The predicted molar refractivity (Wildman–Crippen MR) is 77.7 cm³/mol. The summed E-state index contributed by atoms with van der Waals surface area (Å²) in [5.74, 6) is 0.535. The van der Waals surface area contributed by atoms with Crippen LogP contribution in [-0.4, -0.2) is 29.5 Å². The monoisotopic (exact) mass is 283 g/mol. The van der Waals surface area contributed by atoms with Crippen molar-refractivity contribution in [3.8, 4) is 0 Å². The molecule has 0 bridgehead atoms. The summed E-state index contributed by atoms with van der Waals surface area (Å²) in [6, 6.07) is 0.407. The first-order valence-corrected chi connectivity index (χ1v) is 7.50. The standard InChI is InChI=1S/C13H21N3O2S/c1-4-18-13(17)10-11(14)15-19-12(10)16-7-8(2)5-6-9(16)3/h8-9H,4-7H2,1-3H3,(H2,14,15). The van der Waals surface area contributed by atoms with E-state index in [1.54, 1.807) is 6.92 Å². The molecule has 2 atom stereocenters. The summed E-state index contributed by atoms with van der Waals surface area (Å²) in [4.78, 5) is 14.3. The zero-order chi connectivity index (χ0) is 14.0. The maximum atomic E-state index is 12.0. The molecule has 2 N–H and O–H groups in total. The van der Waals surface area contributed by atoms with Crippen LogP contribution in [0, 0.1) is 5.92 Å². The highest BCUT2D eigenvalue weighted by Gasteiger charge is 2.30. The van der Waals surface area contributed by atoms with Gasteiger partial charge in [0.05, 0.1) is 6.61 Å². The van der Waals surface area contributed by atoms with E-state index in [0.717, 1.165) is 18.0 Å². The van der Waals surface area contributed by atoms with Crippen LogP contribution in [0.2, 0.25) is 0 Å². The number of carbonyl (C=O) groups is 1. The Balaban J connectivity index is 2.31. The number of aromatic nitrogens is 1. The van der Waals surface area contributed by atoms with Gasteiger partial charge in [0.15, 0.2) is 5.82 Å². The van der Waals surface area contributed by atoms with E-state index in [1.165, 1.54) is 18.0 Å². The van der Waals surface area contributed by atoms with Crippen LogP contribution in [0.25, 0.3) is 0 Å². The third kappa shape index (κ3) is 2.83. The van der Waals surface area contributed by atoms with E-state index < -0.39 is 0 Å². The number of piperidine rings is 1. The van der Waals surface area contributed by atoms with Crippen LogP contribution < -0.4 is 10.6 Å². The van der Waals surface area contributed by atoms with Gasteiger partial charge in [-0.1, -0.05) is 6.92 Å². The Labute approximate surface area is 117 Å². The number of nitrogens with two attached hydrogens (primary N) is 1. The van der Waals surface area contributed by atoms with Crippen LogP contribution in [0.15, 0.2) is 0 Å². The maximum Gasteiger partial charge on any atom is 0.345 e. The Morgan fingerprint density at radius 2 is 2.26 bits per heavy atom. The normalized spacial score (nSPS) is 23.4. The second-order valence-electron chi connectivity index (χ2n) is 5.15. The number of carbonyl (C=O) groups excluding carboxylic acids is 1. The molecule has 1 fully saturated rings. The lowest BCUT2D eigenvalue weighted by Gasteiger charge is -2.37. The quantitative estimate of drug-likeness (QED) is 0.863. The van der Waals surface area contributed by atoms with Crippen LogP contribution in [0.4, 0.5) is 10.8 Å². The molecule has 0 amide bonds. The highest BCUT2D eigenvalue weighted by atomic mass is 32.1. The molecule has 106 valence electrons. The van der Waals surface area contributed by atoms with Gasteiger partial charge >= 0.3 is 5.97 Å². The van der Waals surface area contributed by atoms with Gasteiger partial charge in [-0.25, -0.2) is 4.79 Å². The summed E-state index contributed by atoms with van der Waals surface area (Å²) in [5, 5.41) is 0.856. The van der Waals surface area contributed by atoms with E-state index in [1.807, 2.05) is 0 Å². The number of ether oxygens (including phenoxy) is 1. The van der Waals surface area contributed by atoms with Crippen LogP contribution >= 0.6 is 11.5 Å². The van der Waals surface area contributed by atoms with Crippen molar-refractivity contribution in [2.24, 2.45) is 5.92 Å². The van der Waals surface area contributed by atoms with Gasteiger partial charge in [0.25, 0.3) is 0 Å². The van der Waals surface area contributed by atoms with E-state index in [-0.39, 0.29) is 11.8 Å². The number of nitrogens with zero attached hydrogens (tertiary/aromatic N) is 2. The molecule has 5 nitrogen and oxygen atoms in total. The van der Waals surface area contributed by atoms with E-state index in [2.05, 4.69) is 23.1 Å². The summed E-state index contributed by atoms with van der Waals surface area (Å²) in [5.41, 5.74) is 6.27. The number of nitrogen functional groups attached to an aromatic ring is 1. The number of rotatable bonds is 3. The smallest absolute Gasteiger partial charge is 0.345 e. The van der Waals surface area contributed by atoms with Crippen molar-refractivity contribution in [2.75, 3.05) is 23.8 Å². The van der Waals surface area contributed by atoms with Crippen molar-refractivity contribution in [1.82, 2.24) is 4.37 Å². The Morgan fingerprint density at radius 3 is 2.95 bits per heavy atom. The Bertz CT molecular complexity index is 461. The fourth-order valence-corrected chi connectivity index (χ4v) is 3.37. The lowest BCUT2D eigenvalue weighted by atomic mass is 9.95. The lowest BCUT2D eigenvalue weighted by Crippen LogP contribution is -2.41. The molecule has 1 saturated heterocycles. The molecule has 1 aromatic heterocycles. The van der Waals surface area contributed by atoms with Crippen molar-refractivity contribution < 1.29 is 9.53 Å². The molecule has 0 spiro atoms. The van der Waals surface area contributed by atoms with Gasteiger partial charge in [0, 0.05) is 12.6 Å². The summed E-state index contributed by atoms with van der Waals surface area (Å²) >= 11 is 1.29. The van der Waals surface area contributed by atoms with E-state index in [0.29, 0.717) is 24.1 Å². The molecule has 0 aliphatic carbocycles. The van der Waals surface area contributed by atoms with E-state index >= 15 is 0 Å². The average molecular weight is 283 g/mol. The van der Waals surface area contributed by atoms with Crippen molar-refractivity contribution in [3.05, 3.63) is 5.56 Å². The van der Waals surface area contributed by atoms with Crippen LogP contribution in [0.1, 0.15) is 44.0 Å². The molecule has 0 aromatic carbocycles. The molecule has 1 aliphatic heterocycles. The molecule has 2 unspecified atom stereocenters. The summed E-state index contributed by atoms with van der Waals surface area (Å²) in [6.45, 7) is 7.48. The third-order valence-electron chi connectivity index (χ3n) is 3.56. The SMILES string of the molecule is CCOC(=O)c1c(N)nsc1N1CC(C)CCC1C. The van der Waals surface area contributed by atoms with Crippen molar-refractivity contribution >= 4 is 28.3 Å². The largest absolute Gasteiger partial charge is 0.462 e. The molecule has 19 heavy (non-hydrogen) atoms. The fraction of sp³-hybridized carbons (Fsp3) is 0.692. The van der Waals surface area contributed by atoms with Gasteiger partial charge in [0.1, 0.15) is 10.6 Å². The van der Waals surface area contributed by atoms with Gasteiger partial charge in [-0.15, -0.1) is 0 Å². The molecule has 1 aliphatic rings. The zero-order valence-electron chi connectivity index (χ0n) is 11.7. The predicted octanol–water partition coefficient (Wildman–Crippen LogP) is 2.53. The van der Waals surface area contributed by atoms with E-state index in [9.17, 15) is 4.79 Å². The highest BCUT2D eigenvalue weighted by molar-refractivity contribution is 7.11. The first-order valence-electron chi connectivity index (χ1n) is 6.73. The lowest BCUT2D eigenvalue weighted by molar-refractivity contribution is 0.0528. The number of anilines is 2. The first-order chi connectivity index (χ1) is 9.04. The van der Waals surface area contributed by atoms with Crippen LogP contribution in [0.3, 0.4) is 0 Å². The Morgan fingerprint density at radius 1 is 1.53 bits per heavy atom. The average Bonchev–Trinajstić information content (AvgIpc) is 2.74. The van der Waals surface area contributed by atoms with Crippen LogP contribution in [0.5, 0.6) is 0 Å². The van der Waals surface area contributed by atoms with Gasteiger partial charge in [-0.05, 0) is 44.1 Å². The topological polar surface area (TPSA) is 68.5 Å².